The molecular weight excluding hydrogens is 380 g/mol. The van der Waals surface area contributed by atoms with Crippen LogP contribution in [0.2, 0.25) is 0 Å². The summed E-state index contributed by atoms with van der Waals surface area (Å²) in [7, 11) is 1.34. The fourth-order valence-electron chi connectivity index (χ4n) is 2.85. The summed E-state index contributed by atoms with van der Waals surface area (Å²) >= 11 is 0. The summed E-state index contributed by atoms with van der Waals surface area (Å²) in [6, 6.07) is -0.538. The van der Waals surface area contributed by atoms with E-state index < -0.39 is 18.0 Å². The number of nitrogens with one attached hydrogen (secondary N) is 2. The number of alkyl halides is 3. The van der Waals surface area contributed by atoms with E-state index in [9.17, 15) is 17.6 Å². The van der Waals surface area contributed by atoms with Crippen LogP contribution in [0.3, 0.4) is 0 Å². The van der Waals surface area contributed by atoms with E-state index in [0.717, 1.165) is 6.92 Å². The highest BCUT2D eigenvalue weighted by Crippen LogP contribution is 2.35. The monoisotopic (exact) mass is 394 g/mol. The van der Waals surface area contributed by atoms with Crippen LogP contribution in [0.15, 0.2) is 30.9 Å². The zero-order chi connectivity index (χ0) is 20.1. The van der Waals surface area contributed by atoms with Crippen molar-refractivity contribution in [2.24, 2.45) is 0 Å². The van der Waals surface area contributed by atoms with E-state index in [1.54, 1.807) is 18.6 Å². The first-order chi connectivity index (χ1) is 13.3. The Morgan fingerprint density at radius 2 is 2.07 bits per heavy atom. The van der Waals surface area contributed by atoms with Crippen LogP contribution in [0.4, 0.5) is 23.5 Å². The van der Waals surface area contributed by atoms with Gasteiger partial charge in [-0.3, -0.25) is 0 Å². The molecule has 0 saturated carbocycles. The van der Waals surface area contributed by atoms with Crippen LogP contribution in [0.25, 0.3) is 27.8 Å². The number of hydrogen-bond acceptors (Lipinski definition) is 5. The molecule has 1 unspecified atom stereocenters. The Morgan fingerprint density at radius 1 is 1.29 bits per heavy atom. The van der Waals surface area contributed by atoms with Crippen molar-refractivity contribution in [3.8, 4) is 17.0 Å². The molecule has 0 aliphatic heterocycles. The van der Waals surface area contributed by atoms with Crippen LogP contribution in [0.1, 0.15) is 6.92 Å². The number of fused-ring (bicyclic) bond motifs is 2. The summed E-state index contributed by atoms with van der Waals surface area (Å²) in [4.78, 5) is 14.9. The number of hydrogen-bond donors (Lipinski definition) is 2. The van der Waals surface area contributed by atoms with E-state index in [2.05, 4.69) is 25.3 Å². The standard InChI is InChI=1S/C17H14F4N6O/c1-8(17(19,20)21)24-16-25-13-12(15(26-16)28-2)10(6-23-13)9-5-11(18)14-22-3-4-27(14)7-9/h3-8H,1-2H3,(H2,23,24,25,26). The quantitative estimate of drug-likeness (QED) is 0.515. The van der Waals surface area contributed by atoms with Crippen molar-refractivity contribution in [1.29, 1.82) is 0 Å². The third-order valence-electron chi connectivity index (χ3n) is 4.28. The van der Waals surface area contributed by atoms with Crippen molar-refractivity contribution < 1.29 is 22.3 Å². The Balaban J connectivity index is 1.82. The van der Waals surface area contributed by atoms with E-state index in [1.807, 2.05) is 0 Å². The molecule has 4 rings (SSSR count). The average Bonchev–Trinajstić information content (AvgIpc) is 3.26. The zero-order valence-electron chi connectivity index (χ0n) is 14.7. The first-order valence-corrected chi connectivity index (χ1v) is 8.17. The van der Waals surface area contributed by atoms with Crippen LogP contribution in [0.5, 0.6) is 5.88 Å². The number of methoxy groups -OCH3 is 1. The number of halogens is 4. The topological polar surface area (TPSA) is 80.1 Å². The zero-order valence-corrected chi connectivity index (χ0v) is 14.7. The highest BCUT2D eigenvalue weighted by Gasteiger charge is 2.36. The molecule has 28 heavy (non-hydrogen) atoms. The Labute approximate surface area is 155 Å². The highest BCUT2D eigenvalue weighted by atomic mass is 19.4. The molecule has 0 radical (unpaired) electrons. The summed E-state index contributed by atoms with van der Waals surface area (Å²) < 4.78 is 59.5. The van der Waals surface area contributed by atoms with Crippen molar-refractivity contribution in [2.75, 3.05) is 12.4 Å². The molecule has 1 atom stereocenters. The van der Waals surface area contributed by atoms with Crippen LogP contribution in [0, 0.1) is 5.82 Å². The first-order valence-electron chi connectivity index (χ1n) is 8.17. The Hall–Kier alpha value is -3.37. The molecule has 7 nitrogen and oxygen atoms in total. The van der Waals surface area contributed by atoms with E-state index in [1.165, 1.54) is 23.8 Å². The van der Waals surface area contributed by atoms with Gasteiger partial charge in [-0.05, 0) is 13.0 Å². The number of aromatic nitrogens is 5. The molecule has 11 heteroatoms. The number of rotatable bonds is 4. The van der Waals surface area contributed by atoms with Gasteiger partial charge in [0.05, 0.1) is 12.5 Å². The maximum atomic E-state index is 14.3. The second kappa shape index (κ2) is 6.36. The van der Waals surface area contributed by atoms with Crippen molar-refractivity contribution in [1.82, 2.24) is 24.3 Å². The fourth-order valence-corrected chi connectivity index (χ4v) is 2.85. The van der Waals surface area contributed by atoms with Gasteiger partial charge in [0, 0.05) is 35.9 Å². The molecule has 0 aromatic carbocycles. The summed E-state index contributed by atoms with van der Waals surface area (Å²) in [6.07, 6.45) is 1.86. The minimum Gasteiger partial charge on any atom is -0.480 e. The molecule has 0 amide bonds. The van der Waals surface area contributed by atoms with Gasteiger partial charge in [-0.25, -0.2) is 9.37 Å². The SMILES string of the molecule is COc1nc(NC(C)C(F)(F)F)nc2[nH]cc(-c3cc(F)c4nccn4c3)c12. The molecule has 0 aliphatic carbocycles. The molecule has 0 spiro atoms. The van der Waals surface area contributed by atoms with Crippen molar-refractivity contribution in [3.05, 3.63) is 36.7 Å². The van der Waals surface area contributed by atoms with Crippen molar-refractivity contribution >= 4 is 22.6 Å². The normalized spacial score (nSPS) is 13.2. The summed E-state index contributed by atoms with van der Waals surface area (Å²) in [5, 5.41) is 2.63. The van der Waals surface area contributed by atoms with Gasteiger partial charge in [0.2, 0.25) is 11.8 Å². The maximum absolute atomic E-state index is 14.3. The minimum absolute atomic E-state index is 0.0595. The lowest BCUT2D eigenvalue weighted by Crippen LogP contribution is -2.33. The molecule has 146 valence electrons. The lowest BCUT2D eigenvalue weighted by molar-refractivity contribution is -0.138. The lowest BCUT2D eigenvalue weighted by Gasteiger charge is -2.17. The van der Waals surface area contributed by atoms with Gasteiger partial charge in [-0.15, -0.1) is 0 Å². The molecule has 0 saturated heterocycles. The fraction of sp³-hybridized carbons (Fsp3) is 0.235. The number of H-pyrrole nitrogens is 1. The molecule has 4 aromatic heterocycles. The number of aromatic amines is 1. The second-order valence-electron chi connectivity index (χ2n) is 6.12. The molecule has 0 aliphatic rings. The summed E-state index contributed by atoms with van der Waals surface area (Å²) in [5.74, 6) is -0.697. The van der Waals surface area contributed by atoms with Gasteiger partial charge in [0.25, 0.3) is 0 Å². The second-order valence-corrected chi connectivity index (χ2v) is 6.12. The molecule has 0 fully saturated rings. The first kappa shape index (κ1) is 18.0. The number of imidazole rings is 1. The minimum atomic E-state index is -4.45. The Morgan fingerprint density at radius 3 is 2.79 bits per heavy atom. The van der Waals surface area contributed by atoms with E-state index in [4.69, 9.17) is 4.74 Å². The Bertz CT molecular complexity index is 1170. The van der Waals surface area contributed by atoms with Gasteiger partial charge in [-0.2, -0.15) is 23.1 Å². The average molecular weight is 394 g/mol. The molecular formula is C17H14F4N6O. The number of nitrogens with zero attached hydrogens (tertiary/aromatic N) is 4. The van der Waals surface area contributed by atoms with Gasteiger partial charge >= 0.3 is 6.18 Å². The number of ether oxygens (including phenoxy) is 1. The predicted molar refractivity (Wildman–Crippen MR) is 93.7 cm³/mol. The smallest absolute Gasteiger partial charge is 0.408 e. The van der Waals surface area contributed by atoms with Crippen LogP contribution in [-0.4, -0.2) is 43.7 Å². The summed E-state index contributed by atoms with van der Waals surface area (Å²) in [5.41, 5.74) is 1.47. The molecule has 4 aromatic rings. The van der Waals surface area contributed by atoms with Gasteiger partial charge in [0.15, 0.2) is 11.5 Å². The lowest BCUT2D eigenvalue weighted by atomic mass is 10.1. The van der Waals surface area contributed by atoms with Crippen LogP contribution >= 0.6 is 0 Å². The molecule has 4 heterocycles. The summed E-state index contributed by atoms with van der Waals surface area (Å²) in [6.45, 7) is 0.962. The van der Waals surface area contributed by atoms with E-state index in [0.29, 0.717) is 16.5 Å². The van der Waals surface area contributed by atoms with Crippen LogP contribution in [-0.2, 0) is 0 Å². The van der Waals surface area contributed by atoms with Gasteiger partial charge in [-0.1, -0.05) is 0 Å². The van der Waals surface area contributed by atoms with Gasteiger partial charge < -0.3 is 19.4 Å². The third kappa shape index (κ3) is 2.98. The van der Waals surface area contributed by atoms with E-state index in [-0.39, 0.29) is 23.1 Å². The van der Waals surface area contributed by atoms with Crippen molar-refractivity contribution in [3.63, 3.8) is 0 Å². The highest BCUT2D eigenvalue weighted by molar-refractivity contribution is 5.97. The molecule has 0 bridgehead atoms. The van der Waals surface area contributed by atoms with Gasteiger partial charge in [0.1, 0.15) is 11.7 Å². The largest absolute Gasteiger partial charge is 0.480 e. The Kier molecular flexibility index (Phi) is 4.09. The van der Waals surface area contributed by atoms with Crippen molar-refractivity contribution in [2.45, 2.75) is 19.1 Å². The number of pyridine rings is 1. The molecule has 2 N–H and O–H groups in total. The predicted octanol–water partition coefficient (Wildman–Crippen LogP) is 3.78. The van der Waals surface area contributed by atoms with E-state index >= 15 is 0 Å². The number of anilines is 1. The maximum Gasteiger partial charge on any atom is 0.408 e. The van der Waals surface area contributed by atoms with Crippen LogP contribution < -0.4 is 10.1 Å². The third-order valence-corrected chi connectivity index (χ3v) is 4.28.